The van der Waals surface area contributed by atoms with Crippen LogP contribution in [-0.2, 0) is 0 Å². The van der Waals surface area contributed by atoms with Crippen LogP contribution < -0.4 is 5.32 Å². The molecule has 0 aromatic heterocycles. The van der Waals surface area contributed by atoms with Crippen molar-refractivity contribution < 1.29 is 5.11 Å². The first kappa shape index (κ1) is 12.1. The van der Waals surface area contributed by atoms with Crippen LogP contribution in [0, 0.1) is 10.5 Å². The zero-order valence-electron chi connectivity index (χ0n) is 7.93. The van der Waals surface area contributed by atoms with Crippen LogP contribution in [0.15, 0.2) is 18.2 Å². The monoisotopic (exact) mass is 325 g/mol. The van der Waals surface area contributed by atoms with Gasteiger partial charge in [-0.15, -0.1) is 11.6 Å². The Kier molecular flexibility index (Phi) is 4.98. The highest BCUT2D eigenvalue weighted by Gasteiger charge is 2.02. The molecule has 1 aromatic rings. The quantitative estimate of drug-likeness (QED) is 0.659. The summed E-state index contributed by atoms with van der Waals surface area (Å²) in [6, 6.07) is 6.10. The zero-order chi connectivity index (χ0) is 10.6. The second-order valence-electron chi connectivity index (χ2n) is 3.15. The fraction of sp³-hybridized carbons (Fsp3) is 0.400. The number of alkyl halides is 1. The summed E-state index contributed by atoms with van der Waals surface area (Å²) >= 11 is 7.77. The number of aliphatic hydroxyl groups is 1. The molecular weight excluding hydrogens is 312 g/mol. The van der Waals surface area contributed by atoms with Crippen LogP contribution >= 0.6 is 34.2 Å². The van der Waals surface area contributed by atoms with E-state index in [-0.39, 0.29) is 5.88 Å². The van der Waals surface area contributed by atoms with Gasteiger partial charge in [-0.05, 0) is 47.2 Å². The first-order valence-corrected chi connectivity index (χ1v) is 5.99. The van der Waals surface area contributed by atoms with Crippen LogP contribution in [0.2, 0.25) is 0 Å². The van der Waals surface area contributed by atoms with Crippen molar-refractivity contribution in [3.05, 3.63) is 27.3 Å². The first-order valence-electron chi connectivity index (χ1n) is 4.37. The summed E-state index contributed by atoms with van der Waals surface area (Å²) in [6.45, 7) is 2.56. The molecule has 0 radical (unpaired) electrons. The number of halogens is 2. The van der Waals surface area contributed by atoms with E-state index in [0.29, 0.717) is 6.54 Å². The van der Waals surface area contributed by atoms with E-state index in [0.717, 1.165) is 5.69 Å². The molecule has 0 saturated heterocycles. The summed E-state index contributed by atoms with van der Waals surface area (Å²) in [5.41, 5.74) is 2.28. The van der Waals surface area contributed by atoms with Gasteiger partial charge in [0.15, 0.2) is 0 Å². The number of aliphatic hydroxyl groups excluding tert-OH is 1. The average molecular weight is 326 g/mol. The molecule has 1 rings (SSSR count). The van der Waals surface area contributed by atoms with Crippen molar-refractivity contribution >= 4 is 39.9 Å². The molecular formula is C10H13ClINO. The second kappa shape index (κ2) is 5.78. The Labute approximate surface area is 103 Å². The maximum atomic E-state index is 9.25. The lowest BCUT2D eigenvalue weighted by Gasteiger charge is -2.10. The molecule has 0 aliphatic carbocycles. The number of hydrogen-bond donors (Lipinski definition) is 2. The van der Waals surface area contributed by atoms with Crippen LogP contribution in [0.25, 0.3) is 0 Å². The number of aryl methyl sites for hydroxylation is 1. The molecule has 2 N–H and O–H groups in total. The third kappa shape index (κ3) is 3.63. The molecule has 0 aliphatic heterocycles. The van der Waals surface area contributed by atoms with Gasteiger partial charge in [0.2, 0.25) is 0 Å². The van der Waals surface area contributed by atoms with E-state index in [1.54, 1.807) is 0 Å². The van der Waals surface area contributed by atoms with Crippen molar-refractivity contribution in [1.82, 2.24) is 0 Å². The van der Waals surface area contributed by atoms with E-state index in [4.69, 9.17) is 11.6 Å². The fourth-order valence-corrected chi connectivity index (χ4v) is 1.62. The molecule has 1 unspecified atom stereocenters. The van der Waals surface area contributed by atoms with E-state index in [9.17, 15) is 5.11 Å². The van der Waals surface area contributed by atoms with E-state index < -0.39 is 6.10 Å². The van der Waals surface area contributed by atoms with Crippen LogP contribution in [0.1, 0.15) is 5.56 Å². The van der Waals surface area contributed by atoms with Gasteiger partial charge in [0.1, 0.15) is 0 Å². The first-order chi connectivity index (χ1) is 6.63. The molecule has 1 atom stereocenters. The van der Waals surface area contributed by atoms with E-state index in [1.807, 2.05) is 6.07 Å². The topological polar surface area (TPSA) is 32.3 Å². The Morgan fingerprint density at radius 2 is 2.29 bits per heavy atom. The highest BCUT2D eigenvalue weighted by atomic mass is 127. The van der Waals surface area contributed by atoms with Gasteiger partial charge in [-0.3, -0.25) is 0 Å². The maximum absolute atomic E-state index is 9.25. The lowest BCUT2D eigenvalue weighted by Crippen LogP contribution is -2.20. The number of nitrogens with one attached hydrogen (secondary N) is 1. The third-order valence-corrected chi connectivity index (χ3v) is 3.41. The van der Waals surface area contributed by atoms with Crippen molar-refractivity contribution in [2.24, 2.45) is 0 Å². The summed E-state index contributed by atoms with van der Waals surface area (Å²) in [5.74, 6) is 0.260. The summed E-state index contributed by atoms with van der Waals surface area (Å²) < 4.78 is 1.22. The van der Waals surface area contributed by atoms with Gasteiger partial charge in [0, 0.05) is 15.8 Å². The van der Waals surface area contributed by atoms with Crippen molar-refractivity contribution in [1.29, 1.82) is 0 Å². The van der Waals surface area contributed by atoms with Gasteiger partial charge in [0.05, 0.1) is 12.0 Å². The molecule has 0 bridgehead atoms. The van der Waals surface area contributed by atoms with Gasteiger partial charge >= 0.3 is 0 Å². The van der Waals surface area contributed by atoms with Gasteiger partial charge in [0.25, 0.3) is 0 Å². The van der Waals surface area contributed by atoms with Crippen molar-refractivity contribution in [3.63, 3.8) is 0 Å². The molecule has 0 saturated carbocycles. The highest BCUT2D eigenvalue weighted by Crippen LogP contribution is 2.16. The highest BCUT2D eigenvalue weighted by molar-refractivity contribution is 14.1. The van der Waals surface area contributed by atoms with Crippen molar-refractivity contribution in [2.45, 2.75) is 13.0 Å². The minimum atomic E-state index is -0.490. The number of benzene rings is 1. The molecule has 2 nitrogen and oxygen atoms in total. The summed E-state index contributed by atoms with van der Waals surface area (Å²) in [5, 5.41) is 12.4. The largest absolute Gasteiger partial charge is 0.390 e. The lowest BCUT2D eigenvalue weighted by molar-refractivity contribution is 0.211. The molecule has 14 heavy (non-hydrogen) atoms. The number of anilines is 1. The van der Waals surface area contributed by atoms with E-state index in [2.05, 4.69) is 47.0 Å². The van der Waals surface area contributed by atoms with Crippen molar-refractivity contribution in [2.75, 3.05) is 17.7 Å². The third-order valence-electron chi connectivity index (χ3n) is 1.89. The number of rotatable bonds is 4. The Morgan fingerprint density at radius 3 is 2.86 bits per heavy atom. The summed E-state index contributed by atoms with van der Waals surface area (Å²) in [7, 11) is 0. The zero-order valence-corrected chi connectivity index (χ0v) is 10.8. The Morgan fingerprint density at radius 1 is 1.57 bits per heavy atom. The predicted octanol–water partition coefficient (Wildman–Crippen LogP) is 2.61. The fourth-order valence-electron chi connectivity index (χ4n) is 0.993. The molecule has 0 aliphatic rings. The molecule has 0 fully saturated rings. The predicted molar refractivity (Wildman–Crippen MR) is 69.1 cm³/mol. The van der Waals surface area contributed by atoms with Crippen LogP contribution in [-0.4, -0.2) is 23.6 Å². The van der Waals surface area contributed by atoms with Gasteiger partial charge in [-0.25, -0.2) is 0 Å². The second-order valence-corrected chi connectivity index (χ2v) is 4.62. The standard InChI is InChI=1S/C10H13ClINO/c1-7-2-3-8(4-10(7)12)13-6-9(14)5-11/h2-4,9,13-14H,5-6H2,1H3. The lowest BCUT2D eigenvalue weighted by atomic mass is 10.2. The molecule has 0 spiro atoms. The van der Waals surface area contributed by atoms with Crippen LogP contribution in [0.4, 0.5) is 5.69 Å². The molecule has 1 aromatic carbocycles. The SMILES string of the molecule is Cc1ccc(NCC(O)CCl)cc1I. The van der Waals surface area contributed by atoms with E-state index in [1.165, 1.54) is 9.13 Å². The average Bonchev–Trinajstić information content (AvgIpc) is 2.19. The van der Waals surface area contributed by atoms with Crippen molar-refractivity contribution in [3.8, 4) is 0 Å². The summed E-state index contributed by atoms with van der Waals surface area (Å²) in [4.78, 5) is 0. The van der Waals surface area contributed by atoms with Gasteiger partial charge in [-0.1, -0.05) is 6.07 Å². The number of hydrogen-bond acceptors (Lipinski definition) is 2. The normalized spacial score (nSPS) is 12.6. The minimum Gasteiger partial charge on any atom is -0.390 e. The Hall–Kier alpha value is -0.000000000000000111. The van der Waals surface area contributed by atoms with E-state index >= 15 is 0 Å². The van der Waals surface area contributed by atoms with Crippen LogP contribution in [0.5, 0.6) is 0 Å². The Balaban J connectivity index is 2.55. The molecule has 0 heterocycles. The summed E-state index contributed by atoms with van der Waals surface area (Å²) in [6.07, 6.45) is -0.490. The molecule has 78 valence electrons. The maximum Gasteiger partial charge on any atom is 0.0847 e. The molecule has 4 heteroatoms. The van der Waals surface area contributed by atoms with Gasteiger partial charge < -0.3 is 10.4 Å². The molecule has 0 amide bonds. The Bertz CT molecular complexity index is 306. The van der Waals surface area contributed by atoms with Gasteiger partial charge in [-0.2, -0.15) is 0 Å². The minimum absolute atomic E-state index is 0.260. The van der Waals surface area contributed by atoms with Crippen LogP contribution in [0.3, 0.4) is 0 Å². The smallest absolute Gasteiger partial charge is 0.0847 e.